The quantitative estimate of drug-likeness (QED) is 0.744. The molecule has 2 N–H and O–H groups in total. The Morgan fingerprint density at radius 1 is 1.60 bits per heavy atom. The second kappa shape index (κ2) is 5.88. The highest BCUT2D eigenvalue weighted by atomic mass is 16.3. The van der Waals surface area contributed by atoms with Gasteiger partial charge in [0.1, 0.15) is 0 Å². The summed E-state index contributed by atoms with van der Waals surface area (Å²) in [5.74, 6) is 0. The lowest BCUT2D eigenvalue weighted by atomic mass is 10.1. The normalized spacial score (nSPS) is 15.2. The average Bonchev–Trinajstić information content (AvgIpc) is 2.62. The number of hydrogen-bond donors (Lipinski definition) is 2. The van der Waals surface area contributed by atoms with Gasteiger partial charge in [0.05, 0.1) is 12.3 Å². The molecule has 0 saturated carbocycles. The summed E-state index contributed by atoms with van der Waals surface area (Å²) >= 11 is 0. The van der Waals surface area contributed by atoms with Crippen molar-refractivity contribution in [3.63, 3.8) is 0 Å². The van der Waals surface area contributed by atoms with Crippen LogP contribution in [0.3, 0.4) is 0 Å². The fourth-order valence-electron chi connectivity index (χ4n) is 1.53. The number of rotatable bonds is 6. The molecule has 0 spiro atoms. The van der Waals surface area contributed by atoms with Crippen LogP contribution >= 0.6 is 0 Å². The van der Waals surface area contributed by atoms with Gasteiger partial charge in [0.25, 0.3) is 0 Å². The van der Waals surface area contributed by atoms with Crippen molar-refractivity contribution in [2.24, 2.45) is 7.05 Å². The van der Waals surface area contributed by atoms with E-state index in [9.17, 15) is 5.11 Å². The highest BCUT2D eigenvalue weighted by Gasteiger charge is 2.09. The number of aryl methyl sites for hydroxylation is 1. The third-order valence-electron chi connectivity index (χ3n) is 2.51. The van der Waals surface area contributed by atoms with Crippen LogP contribution in [0.5, 0.6) is 0 Å². The number of aromatic nitrogens is 2. The number of nitrogens with one attached hydrogen (secondary N) is 1. The van der Waals surface area contributed by atoms with Crippen molar-refractivity contribution < 1.29 is 5.11 Å². The summed E-state index contributed by atoms with van der Waals surface area (Å²) in [4.78, 5) is 0. The SMILES string of the molecule is CCCC(O)CNC(C)c1cnn(C)c1. The Kier molecular flexibility index (Phi) is 4.78. The molecule has 0 aliphatic rings. The molecule has 86 valence electrons. The molecule has 0 aromatic carbocycles. The molecular weight excluding hydrogens is 190 g/mol. The Hall–Kier alpha value is -0.870. The first kappa shape index (κ1) is 12.2. The van der Waals surface area contributed by atoms with E-state index >= 15 is 0 Å². The van der Waals surface area contributed by atoms with Crippen molar-refractivity contribution in [3.8, 4) is 0 Å². The lowest BCUT2D eigenvalue weighted by Crippen LogP contribution is -2.28. The van der Waals surface area contributed by atoms with Crippen molar-refractivity contribution in [2.45, 2.75) is 38.8 Å². The molecule has 2 unspecified atom stereocenters. The average molecular weight is 211 g/mol. The zero-order valence-electron chi connectivity index (χ0n) is 9.77. The predicted molar refractivity (Wildman–Crippen MR) is 60.5 cm³/mol. The Labute approximate surface area is 91.3 Å². The topological polar surface area (TPSA) is 50.1 Å². The summed E-state index contributed by atoms with van der Waals surface area (Å²) in [6.07, 6.45) is 5.47. The van der Waals surface area contributed by atoms with Gasteiger partial charge in [0.2, 0.25) is 0 Å². The van der Waals surface area contributed by atoms with E-state index in [2.05, 4.69) is 24.3 Å². The molecule has 1 aromatic rings. The van der Waals surface area contributed by atoms with Crippen LogP contribution in [0.15, 0.2) is 12.4 Å². The highest BCUT2D eigenvalue weighted by molar-refractivity contribution is 5.08. The molecule has 4 heteroatoms. The predicted octanol–water partition coefficient (Wildman–Crippen LogP) is 1.23. The van der Waals surface area contributed by atoms with Gasteiger partial charge in [-0.1, -0.05) is 13.3 Å². The molecule has 0 aliphatic heterocycles. The van der Waals surface area contributed by atoms with Crippen molar-refractivity contribution in [1.82, 2.24) is 15.1 Å². The van der Waals surface area contributed by atoms with Gasteiger partial charge in [-0.15, -0.1) is 0 Å². The van der Waals surface area contributed by atoms with Gasteiger partial charge < -0.3 is 10.4 Å². The van der Waals surface area contributed by atoms with E-state index in [0.717, 1.165) is 18.4 Å². The molecule has 4 nitrogen and oxygen atoms in total. The fourth-order valence-corrected chi connectivity index (χ4v) is 1.53. The van der Waals surface area contributed by atoms with E-state index in [0.29, 0.717) is 6.54 Å². The van der Waals surface area contributed by atoms with Crippen LogP contribution in [0.2, 0.25) is 0 Å². The number of aliphatic hydroxyl groups excluding tert-OH is 1. The first-order valence-corrected chi connectivity index (χ1v) is 5.53. The third kappa shape index (κ3) is 4.01. The van der Waals surface area contributed by atoms with Crippen LogP contribution in [0.1, 0.15) is 38.3 Å². The second-order valence-corrected chi connectivity index (χ2v) is 4.02. The van der Waals surface area contributed by atoms with E-state index < -0.39 is 0 Å². The van der Waals surface area contributed by atoms with E-state index in [4.69, 9.17) is 0 Å². The lowest BCUT2D eigenvalue weighted by molar-refractivity contribution is 0.157. The number of aliphatic hydroxyl groups is 1. The summed E-state index contributed by atoms with van der Waals surface area (Å²) in [5, 5.41) is 17.0. The smallest absolute Gasteiger partial charge is 0.0664 e. The maximum atomic E-state index is 9.57. The van der Waals surface area contributed by atoms with Gasteiger partial charge in [-0.25, -0.2) is 0 Å². The number of hydrogen-bond acceptors (Lipinski definition) is 3. The Morgan fingerprint density at radius 2 is 2.33 bits per heavy atom. The maximum absolute atomic E-state index is 9.57. The minimum Gasteiger partial charge on any atom is -0.392 e. The van der Waals surface area contributed by atoms with Gasteiger partial charge in [0.15, 0.2) is 0 Å². The highest BCUT2D eigenvalue weighted by Crippen LogP contribution is 2.10. The summed E-state index contributed by atoms with van der Waals surface area (Å²) in [5.41, 5.74) is 1.15. The van der Waals surface area contributed by atoms with Gasteiger partial charge in [-0.05, 0) is 13.3 Å². The fraction of sp³-hybridized carbons (Fsp3) is 0.727. The van der Waals surface area contributed by atoms with Crippen LogP contribution in [0, 0.1) is 0 Å². The first-order chi connectivity index (χ1) is 7.13. The minimum atomic E-state index is -0.242. The molecule has 1 rings (SSSR count). The van der Waals surface area contributed by atoms with E-state index in [1.54, 1.807) is 4.68 Å². The van der Waals surface area contributed by atoms with Gasteiger partial charge in [0, 0.05) is 31.4 Å². The molecule has 1 aromatic heterocycles. The Morgan fingerprint density at radius 3 is 2.87 bits per heavy atom. The largest absolute Gasteiger partial charge is 0.392 e. The van der Waals surface area contributed by atoms with Crippen molar-refractivity contribution in [1.29, 1.82) is 0 Å². The van der Waals surface area contributed by atoms with Gasteiger partial charge in [-0.2, -0.15) is 5.10 Å². The van der Waals surface area contributed by atoms with Crippen LogP contribution in [0.4, 0.5) is 0 Å². The molecule has 0 radical (unpaired) electrons. The molecule has 0 amide bonds. The summed E-state index contributed by atoms with van der Waals surface area (Å²) < 4.78 is 1.79. The molecule has 0 aliphatic carbocycles. The minimum absolute atomic E-state index is 0.241. The standard InChI is InChI=1S/C11H21N3O/c1-4-5-11(15)7-12-9(2)10-6-13-14(3)8-10/h6,8-9,11-12,15H,4-5,7H2,1-3H3. The zero-order chi connectivity index (χ0) is 11.3. The summed E-state index contributed by atoms with van der Waals surface area (Å²) in [6.45, 7) is 4.80. The summed E-state index contributed by atoms with van der Waals surface area (Å²) in [6, 6.07) is 0.241. The number of nitrogens with zero attached hydrogens (tertiary/aromatic N) is 2. The molecule has 2 atom stereocenters. The zero-order valence-corrected chi connectivity index (χ0v) is 9.77. The van der Waals surface area contributed by atoms with E-state index in [1.807, 2.05) is 19.4 Å². The Bertz CT molecular complexity index is 285. The second-order valence-electron chi connectivity index (χ2n) is 4.02. The molecular formula is C11H21N3O. The Balaban J connectivity index is 2.33. The van der Waals surface area contributed by atoms with Crippen molar-refractivity contribution >= 4 is 0 Å². The molecule has 0 saturated heterocycles. The third-order valence-corrected chi connectivity index (χ3v) is 2.51. The van der Waals surface area contributed by atoms with Crippen LogP contribution in [-0.4, -0.2) is 27.5 Å². The van der Waals surface area contributed by atoms with Crippen molar-refractivity contribution in [3.05, 3.63) is 18.0 Å². The van der Waals surface area contributed by atoms with Gasteiger partial charge in [-0.3, -0.25) is 4.68 Å². The molecule has 15 heavy (non-hydrogen) atoms. The monoisotopic (exact) mass is 211 g/mol. The van der Waals surface area contributed by atoms with Crippen molar-refractivity contribution in [2.75, 3.05) is 6.54 Å². The van der Waals surface area contributed by atoms with Crippen LogP contribution in [-0.2, 0) is 7.05 Å². The van der Waals surface area contributed by atoms with E-state index in [-0.39, 0.29) is 12.1 Å². The molecule has 1 heterocycles. The first-order valence-electron chi connectivity index (χ1n) is 5.53. The van der Waals surface area contributed by atoms with E-state index in [1.165, 1.54) is 0 Å². The molecule has 0 fully saturated rings. The van der Waals surface area contributed by atoms with Crippen LogP contribution in [0.25, 0.3) is 0 Å². The maximum Gasteiger partial charge on any atom is 0.0664 e. The molecule has 0 bridgehead atoms. The lowest BCUT2D eigenvalue weighted by Gasteiger charge is -2.15. The summed E-state index contributed by atoms with van der Waals surface area (Å²) in [7, 11) is 1.90. The van der Waals surface area contributed by atoms with Gasteiger partial charge >= 0.3 is 0 Å². The van der Waals surface area contributed by atoms with Crippen LogP contribution < -0.4 is 5.32 Å².